The number of halogens is 1. The molecular formula is C17H20ClN3OS. The highest BCUT2D eigenvalue weighted by Gasteiger charge is 2.20. The second-order valence-electron chi connectivity index (χ2n) is 5.82. The van der Waals surface area contributed by atoms with Gasteiger partial charge in [-0.05, 0) is 31.0 Å². The van der Waals surface area contributed by atoms with E-state index in [2.05, 4.69) is 10.3 Å². The number of hydrogen-bond donors (Lipinski definition) is 1. The van der Waals surface area contributed by atoms with Gasteiger partial charge in [-0.1, -0.05) is 24.4 Å². The number of carbonyl (C=O) groups excluding carboxylic acids is 1. The van der Waals surface area contributed by atoms with E-state index in [-0.39, 0.29) is 5.91 Å². The number of hydrogen-bond acceptors (Lipinski definition) is 3. The zero-order valence-corrected chi connectivity index (χ0v) is 14.7. The normalized spacial score (nSPS) is 15.0. The predicted molar refractivity (Wildman–Crippen MR) is 93.9 cm³/mol. The van der Waals surface area contributed by atoms with Crippen LogP contribution in [0.5, 0.6) is 0 Å². The van der Waals surface area contributed by atoms with Crippen molar-refractivity contribution in [1.29, 1.82) is 0 Å². The Morgan fingerprint density at radius 3 is 2.96 bits per heavy atom. The fraction of sp³-hybridized carbons (Fsp3) is 0.412. The van der Waals surface area contributed by atoms with Crippen LogP contribution in [0.15, 0.2) is 35.6 Å². The first-order chi connectivity index (χ1) is 11.1. The molecule has 0 unspecified atom stereocenters. The van der Waals surface area contributed by atoms with Crippen molar-refractivity contribution in [3.8, 4) is 0 Å². The third-order valence-electron chi connectivity index (χ3n) is 4.10. The molecule has 0 atom stereocenters. The number of amides is 1. The minimum absolute atomic E-state index is 0.0871. The number of aromatic nitrogens is 2. The summed E-state index contributed by atoms with van der Waals surface area (Å²) >= 11 is 7.71. The van der Waals surface area contributed by atoms with E-state index >= 15 is 0 Å². The number of nitrogens with zero attached hydrogens (tertiary/aromatic N) is 2. The topological polar surface area (TPSA) is 46.9 Å². The molecule has 2 heterocycles. The first-order valence-electron chi connectivity index (χ1n) is 7.84. The Bertz CT molecular complexity index is 695. The molecule has 23 heavy (non-hydrogen) atoms. The van der Waals surface area contributed by atoms with Crippen molar-refractivity contribution < 1.29 is 4.79 Å². The van der Waals surface area contributed by atoms with Crippen LogP contribution in [0.25, 0.3) is 0 Å². The summed E-state index contributed by atoms with van der Waals surface area (Å²) < 4.78 is 1.92. The Labute approximate surface area is 145 Å². The molecule has 3 rings (SSSR count). The molecule has 1 fully saturated rings. The van der Waals surface area contributed by atoms with E-state index in [4.69, 9.17) is 11.6 Å². The van der Waals surface area contributed by atoms with Crippen LogP contribution < -0.4 is 5.32 Å². The van der Waals surface area contributed by atoms with Gasteiger partial charge in [-0.2, -0.15) is 0 Å². The standard InChI is InChI=1S/C17H20ClN3OS/c1-21-11-12(18)9-13(21)10-20-16(22)15-7-4-8-19-17(15)23-14-5-2-3-6-14/h4,7-9,11,14H,2-3,5-6,10H2,1H3,(H,20,22). The third-order valence-corrected chi connectivity index (χ3v) is 5.66. The molecular weight excluding hydrogens is 330 g/mol. The molecule has 0 spiro atoms. The molecule has 4 nitrogen and oxygen atoms in total. The van der Waals surface area contributed by atoms with Crippen molar-refractivity contribution in [2.45, 2.75) is 42.5 Å². The lowest BCUT2D eigenvalue weighted by atomic mass is 10.2. The Balaban J connectivity index is 1.68. The lowest BCUT2D eigenvalue weighted by molar-refractivity contribution is 0.0946. The largest absolute Gasteiger partial charge is 0.351 e. The maximum Gasteiger partial charge on any atom is 0.254 e. The van der Waals surface area contributed by atoms with Gasteiger partial charge in [-0.25, -0.2) is 4.98 Å². The van der Waals surface area contributed by atoms with E-state index in [1.54, 1.807) is 18.0 Å². The van der Waals surface area contributed by atoms with Gasteiger partial charge in [0.05, 0.1) is 17.1 Å². The van der Waals surface area contributed by atoms with Crippen LogP contribution in [0.3, 0.4) is 0 Å². The van der Waals surface area contributed by atoms with Crippen LogP contribution in [0.1, 0.15) is 41.7 Å². The van der Waals surface area contributed by atoms with Gasteiger partial charge >= 0.3 is 0 Å². The Kier molecular flexibility index (Phi) is 5.28. The lowest BCUT2D eigenvalue weighted by Crippen LogP contribution is -2.24. The molecule has 2 aromatic heterocycles. The van der Waals surface area contributed by atoms with Crippen molar-refractivity contribution in [1.82, 2.24) is 14.9 Å². The summed E-state index contributed by atoms with van der Waals surface area (Å²) in [7, 11) is 1.92. The highest BCUT2D eigenvalue weighted by Crippen LogP contribution is 2.35. The molecule has 6 heteroatoms. The minimum Gasteiger partial charge on any atom is -0.351 e. The molecule has 0 saturated heterocycles. The third kappa shape index (κ3) is 4.09. The molecule has 1 saturated carbocycles. The quantitative estimate of drug-likeness (QED) is 0.886. The number of aryl methyl sites for hydroxylation is 1. The Morgan fingerprint density at radius 2 is 2.26 bits per heavy atom. The van der Waals surface area contributed by atoms with Crippen molar-refractivity contribution >= 4 is 29.3 Å². The van der Waals surface area contributed by atoms with Gasteiger partial charge in [0, 0.05) is 30.4 Å². The Morgan fingerprint density at radius 1 is 1.48 bits per heavy atom. The molecule has 0 radical (unpaired) electrons. The van der Waals surface area contributed by atoms with Crippen molar-refractivity contribution in [2.75, 3.05) is 0 Å². The van der Waals surface area contributed by atoms with Crippen LogP contribution >= 0.6 is 23.4 Å². The summed E-state index contributed by atoms with van der Waals surface area (Å²) in [6.45, 7) is 0.449. The van der Waals surface area contributed by atoms with Crippen LogP contribution in [-0.4, -0.2) is 20.7 Å². The predicted octanol–water partition coefficient (Wildman–Crippen LogP) is 4.04. The maximum atomic E-state index is 12.5. The Hall–Kier alpha value is -1.46. The van der Waals surface area contributed by atoms with Gasteiger partial charge in [0.1, 0.15) is 5.03 Å². The first kappa shape index (κ1) is 16.4. The molecule has 0 aliphatic heterocycles. The van der Waals surface area contributed by atoms with Gasteiger partial charge in [0.2, 0.25) is 0 Å². The second-order valence-corrected chi connectivity index (χ2v) is 7.55. The van der Waals surface area contributed by atoms with Gasteiger partial charge in [-0.15, -0.1) is 11.8 Å². The van der Waals surface area contributed by atoms with Crippen LogP contribution in [0, 0.1) is 0 Å². The SMILES string of the molecule is Cn1cc(Cl)cc1CNC(=O)c1cccnc1SC1CCCC1. The number of pyridine rings is 1. The lowest BCUT2D eigenvalue weighted by Gasteiger charge is -2.12. The number of thioether (sulfide) groups is 1. The van der Waals surface area contributed by atoms with E-state index in [1.807, 2.05) is 36.0 Å². The van der Waals surface area contributed by atoms with Gasteiger partial charge < -0.3 is 9.88 Å². The molecule has 122 valence electrons. The van der Waals surface area contributed by atoms with Crippen molar-refractivity contribution in [3.63, 3.8) is 0 Å². The minimum atomic E-state index is -0.0871. The summed E-state index contributed by atoms with van der Waals surface area (Å²) in [5.74, 6) is -0.0871. The molecule has 2 aromatic rings. The zero-order valence-electron chi connectivity index (χ0n) is 13.1. The fourth-order valence-corrected chi connectivity index (χ4v) is 4.40. The molecule has 1 aliphatic rings. The molecule has 0 aromatic carbocycles. The molecule has 1 aliphatic carbocycles. The summed E-state index contributed by atoms with van der Waals surface area (Å²) in [5.41, 5.74) is 1.63. The van der Waals surface area contributed by atoms with E-state index in [0.29, 0.717) is 22.4 Å². The summed E-state index contributed by atoms with van der Waals surface area (Å²) in [5, 5.41) is 5.06. The zero-order chi connectivity index (χ0) is 16.2. The van der Waals surface area contributed by atoms with Crippen molar-refractivity contribution in [3.05, 3.63) is 46.9 Å². The molecule has 0 bridgehead atoms. The average molecular weight is 350 g/mol. The van der Waals surface area contributed by atoms with Gasteiger partial charge in [0.15, 0.2) is 0 Å². The van der Waals surface area contributed by atoms with Crippen LogP contribution in [0.4, 0.5) is 0 Å². The van der Waals surface area contributed by atoms with E-state index in [9.17, 15) is 4.79 Å². The average Bonchev–Trinajstić information content (AvgIpc) is 3.15. The van der Waals surface area contributed by atoms with E-state index in [1.165, 1.54) is 25.7 Å². The number of nitrogens with one attached hydrogen (secondary N) is 1. The van der Waals surface area contributed by atoms with Crippen molar-refractivity contribution in [2.24, 2.45) is 7.05 Å². The van der Waals surface area contributed by atoms with Gasteiger partial charge in [-0.3, -0.25) is 4.79 Å². The number of carbonyl (C=O) groups is 1. The highest BCUT2D eigenvalue weighted by atomic mass is 35.5. The molecule has 1 amide bonds. The number of rotatable bonds is 5. The summed E-state index contributed by atoms with van der Waals surface area (Å²) in [4.78, 5) is 16.9. The maximum absolute atomic E-state index is 12.5. The van der Waals surface area contributed by atoms with Crippen LogP contribution in [0.2, 0.25) is 5.02 Å². The smallest absolute Gasteiger partial charge is 0.254 e. The summed E-state index contributed by atoms with van der Waals surface area (Å²) in [6, 6.07) is 5.52. The monoisotopic (exact) mass is 349 g/mol. The summed E-state index contributed by atoms with van der Waals surface area (Å²) in [6.07, 6.45) is 8.56. The van der Waals surface area contributed by atoms with Crippen LogP contribution in [-0.2, 0) is 13.6 Å². The van der Waals surface area contributed by atoms with E-state index in [0.717, 1.165) is 10.7 Å². The van der Waals surface area contributed by atoms with Gasteiger partial charge in [0.25, 0.3) is 5.91 Å². The first-order valence-corrected chi connectivity index (χ1v) is 9.10. The second kappa shape index (κ2) is 7.41. The highest BCUT2D eigenvalue weighted by molar-refractivity contribution is 7.99. The fourth-order valence-electron chi connectivity index (χ4n) is 2.83. The molecule has 1 N–H and O–H groups in total. The van der Waals surface area contributed by atoms with E-state index < -0.39 is 0 Å².